The van der Waals surface area contributed by atoms with E-state index in [-0.39, 0.29) is 0 Å². The maximum absolute atomic E-state index is 5.91. The molecular weight excluding hydrogens is 328 g/mol. The Kier molecular flexibility index (Phi) is 4.93. The number of fused-ring (bicyclic) bond motifs is 2. The number of ether oxygens (including phenoxy) is 1. The number of benzene rings is 1. The minimum atomic E-state index is 0.318. The number of nitrogens with zero attached hydrogens (tertiary/aromatic N) is 2. The summed E-state index contributed by atoms with van der Waals surface area (Å²) in [5, 5.41) is 6.81. The van der Waals surface area contributed by atoms with E-state index in [2.05, 4.69) is 46.6 Å². The number of nitrogens with one attached hydrogen (secondary N) is 2. The minimum absolute atomic E-state index is 0.318. The van der Waals surface area contributed by atoms with Crippen molar-refractivity contribution in [3.05, 3.63) is 41.9 Å². The van der Waals surface area contributed by atoms with Crippen LogP contribution in [0.3, 0.4) is 0 Å². The Hall–Kier alpha value is -2.34. The SMILES string of the molecule is CCNC(=NCc1ncc(-c2ccc(C)cc2)o1)NC1CC2CCC1O2. The van der Waals surface area contributed by atoms with Crippen LogP contribution in [0.25, 0.3) is 11.3 Å². The molecule has 0 radical (unpaired) electrons. The first kappa shape index (κ1) is 17.1. The first-order chi connectivity index (χ1) is 12.7. The van der Waals surface area contributed by atoms with Crippen LogP contribution in [-0.2, 0) is 11.3 Å². The summed E-state index contributed by atoms with van der Waals surface area (Å²) in [7, 11) is 0. The fourth-order valence-electron chi connectivity index (χ4n) is 3.67. The van der Waals surface area contributed by atoms with E-state index < -0.39 is 0 Å². The lowest BCUT2D eigenvalue weighted by molar-refractivity contribution is 0.0992. The summed E-state index contributed by atoms with van der Waals surface area (Å²) in [6, 6.07) is 8.58. The van der Waals surface area contributed by atoms with E-state index in [0.717, 1.165) is 36.7 Å². The van der Waals surface area contributed by atoms with Crippen LogP contribution < -0.4 is 10.6 Å². The third kappa shape index (κ3) is 3.75. The molecular formula is C20H26N4O2. The Morgan fingerprint density at radius 2 is 2.12 bits per heavy atom. The molecule has 2 bridgehead atoms. The summed E-state index contributed by atoms with van der Waals surface area (Å²) in [6.45, 7) is 5.35. The Morgan fingerprint density at radius 1 is 1.27 bits per heavy atom. The van der Waals surface area contributed by atoms with Crippen LogP contribution in [0, 0.1) is 6.92 Å². The fraction of sp³-hybridized carbons (Fsp3) is 0.500. The number of aryl methyl sites for hydroxylation is 1. The van der Waals surface area contributed by atoms with Crippen LogP contribution in [0.4, 0.5) is 0 Å². The summed E-state index contributed by atoms with van der Waals surface area (Å²) in [4.78, 5) is 9.00. The van der Waals surface area contributed by atoms with Crippen molar-refractivity contribution in [3.63, 3.8) is 0 Å². The second kappa shape index (κ2) is 7.50. The van der Waals surface area contributed by atoms with E-state index in [1.165, 1.54) is 12.0 Å². The largest absolute Gasteiger partial charge is 0.439 e. The topological polar surface area (TPSA) is 71.7 Å². The van der Waals surface area contributed by atoms with E-state index in [4.69, 9.17) is 9.15 Å². The molecule has 2 fully saturated rings. The van der Waals surface area contributed by atoms with Gasteiger partial charge in [-0.05, 0) is 33.1 Å². The van der Waals surface area contributed by atoms with Crippen molar-refractivity contribution in [2.24, 2.45) is 4.99 Å². The van der Waals surface area contributed by atoms with Gasteiger partial charge in [0.1, 0.15) is 6.54 Å². The maximum atomic E-state index is 5.91. The lowest BCUT2D eigenvalue weighted by atomic mass is 9.96. The average molecular weight is 354 g/mol. The highest BCUT2D eigenvalue weighted by Gasteiger charge is 2.41. The predicted molar refractivity (Wildman–Crippen MR) is 101 cm³/mol. The van der Waals surface area contributed by atoms with Gasteiger partial charge in [-0.2, -0.15) is 0 Å². The molecule has 0 aliphatic carbocycles. The molecule has 3 atom stereocenters. The van der Waals surface area contributed by atoms with Gasteiger partial charge < -0.3 is 19.8 Å². The number of rotatable bonds is 5. The summed E-state index contributed by atoms with van der Waals surface area (Å²) in [6.07, 6.45) is 5.89. The van der Waals surface area contributed by atoms with Crippen molar-refractivity contribution >= 4 is 5.96 Å². The van der Waals surface area contributed by atoms with Crippen LogP contribution in [0.1, 0.15) is 37.6 Å². The minimum Gasteiger partial charge on any atom is -0.439 e. The van der Waals surface area contributed by atoms with E-state index in [1.807, 2.05) is 12.1 Å². The van der Waals surface area contributed by atoms with Gasteiger partial charge in [-0.15, -0.1) is 0 Å². The highest BCUT2D eigenvalue weighted by Crippen LogP contribution is 2.34. The summed E-state index contributed by atoms with van der Waals surface area (Å²) in [5.74, 6) is 2.18. The highest BCUT2D eigenvalue weighted by atomic mass is 16.5. The van der Waals surface area contributed by atoms with Crippen molar-refractivity contribution in [3.8, 4) is 11.3 Å². The molecule has 138 valence electrons. The molecule has 0 spiro atoms. The van der Waals surface area contributed by atoms with Crippen molar-refractivity contribution in [1.29, 1.82) is 0 Å². The van der Waals surface area contributed by atoms with Crippen molar-refractivity contribution in [2.45, 2.75) is 57.9 Å². The molecule has 6 heteroatoms. The summed E-state index contributed by atoms with van der Waals surface area (Å²) >= 11 is 0. The monoisotopic (exact) mass is 354 g/mol. The van der Waals surface area contributed by atoms with Crippen LogP contribution in [0.5, 0.6) is 0 Å². The number of aliphatic imine (C=N–C) groups is 1. The van der Waals surface area contributed by atoms with Gasteiger partial charge in [0.15, 0.2) is 11.7 Å². The Bertz CT molecular complexity index is 768. The second-order valence-corrected chi connectivity index (χ2v) is 7.04. The maximum Gasteiger partial charge on any atom is 0.216 e. The quantitative estimate of drug-likeness (QED) is 0.638. The standard InChI is InChI=1S/C20H26N4O2/c1-3-21-20(24-16-10-15-8-9-17(16)25-15)23-12-19-22-11-18(26-19)14-6-4-13(2)5-7-14/h4-7,11,15-17H,3,8-10,12H2,1-2H3,(H2,21,23,24). The zero-order chi connectivity index (χ0) is 17.9. The number of hydrogen-bond acceptors (Lipinski definition) is 4. The third-order valence-corrected chi connectivity index (χ3v) is 5.03. The number of hydrogen-bond donors (Lipinski definition) is 2. The van der Waals surface area contributed by atoms with E-state index in [0.29, 0.717) is 30.7 Å². The van der Waals surface area contributed by atoms with E-state index in [9.17, 15) is 0 Å². The molecule has 2 aromatic rings. The van der Waals surface area contributed by atoms with Crippen LogP contribution in [0.15, 0.2) is 39.9 Å². The molecule has 2 aliphatic heterocycles. The first-order valence-electron chi connectivity index (χ1n) is 9.43. The van der Waals surface area contributed by atoms with Gasteiger partial charge in [0, 0.05) is 12.1 Å². The van der Waals surface area contributed by atoms with Crippen LogP contribution in [-0.4, -0.2) is 35.7 Å². The van der Waals surface area contributed by atoms with E-state index >= 15 is 0 Å². The molecule has 0 amide bonds. The molecule has 2 saturated heterocycles. The Labute approximate surface area is 154 Å². The van der Waals surface area contributed by atoms with Crippen LogP contribution >= 0.6 is 0 Å². The average Bonchev–Trinajstić information content (AvgIpc) is 3.37. The third-order valence-electron chi connectivity index (χ3n) is 5.03. The fourth-order valence-corrected chi connectivity index (χ4v) is 3.67. The number of oxazole rings is 1. The molecule has 2 aliphatic rings. The van der Waals surface area contributed by atoms with Crippen LogP contribution in [0.2, 0.25) is 0 Å². The van der Waals surface area contributed by atoms with Gasteiger partial charge in [-0.25, -0.2) is 9.98 Å². The van der Waals surface area contributed by atoms with Gasteiger partial charge in [0.2, 0.25) is 5.89 Å². The molecule has 3 heterocycles. The first-order valence-corrected chi connectivity index (χ1v) is 9.43. The summed E-state index contributed by atoms with van der Waals surface area (Å²) in [5.41, 5.74) is 2.26. The van der Waals surface area contributed by atoms with Crippen molar-refractivity contribution < 1.29 is 9.15 Å². The summed E-state index contributed by atoms with van der Waals surface area (Å²) < 4.78 is 11.8. The molecule has 1 aromatic heterocycles. The number of guanidine groups is 1. The predicted octanol–water partition coefficient (Wildman–Crippen LogP) is 3.03. The Morgan fingerprint density at radius 3 is 2.81 bits per heavy atom. The normalized spacial score (nSPS) is 24.8. The van der Waals surface area contributed by atoms with E-state index in [1.54, 1.807) is 6.20 Å². The van der Waals surface area contributed by atoms with Gasteiger partial charge in [-0.3, -0.25) is 0 Å². The smallest absolute Gasteiger partial charge is 0.216 e. The molecule has 4 rings (SSSR count). The van der Waals surface area contributed by atoms with Gasteiger partial charge in [-0.1, -0.05) is 29.8 Å². The zero-order valence-corrected chi connectivity index (χ0v) is 15.4. The molecule has 26 heavy (non-hydrogen) atoms. The second-order valence-electron chi connectivity index (χ2n) is 7.04. The number of aromatic nitrogens is 1. The van der Waals surface area contributed by atoms with Crippen molar-refractivity contribution in [2.75, 3.05) is 6.54 Å². The molecule has 1 aromatic carbocycles. The molecule has 2 N–H and O–H groups in total. The highest BCUT2D eigenvalue weighted by molar-refractivity contribution is 5.80. The Balaban J connectivity index is 1.40. The van der Waals surface area contributed by atoms with Gasteiger partial charge in [0.25, 0.3) is 0 Å². The van der Waals surface area contributed by atoms with Gasteiger partial charge in [0.05, 0.1) is 24.4 Å². The molecule has 0 saturated carbocycles. The lowest BCUT2D eigenvalue weighted by Gasteiger charge is -2.22. The van der Waals surface area contributed by atoms with Gasteiger partial charge >= 0.3 is 0 Å². The molecule has 3 unspecified atom stereocenters. The lowest BCUT2D eigenvalue weighted by Crippen LogP contribution is -2.47. The zero-order valence-electron chi connectivity index (χ0n) is 15.4. The van der Waals surface area contributed by atoms with Crippen molar-refractivity contribution in [1.82, 2.24) is 15.6 Å². The molecule has 6 nitrogen and oxygen atoms in total.